The summed E-state index contributed by atoms with van der Waals surface area (Å²) < 4.78 is 0. The van der Waals surface area contributed by atoms with Gasteiger partial charge in [0.05, 0.1) is 5.69 Å². The van der Waals surface area contributed by atoms with Crippen molar-refractivity contribution in [1.29, 1.82) is 0 Å². The standard InChI is InChI=1S/C14H19N3S/c1-3-5-15-11-9-12-13(8-10(11)2)18-14-16-6-4-7-17(12)14/h8-9,15H,3-7H2,1-2H3. The summed E-state index contributed by atoms with van der Waals surface area (Å²) in [6, 6.07) is 4.58. The van der Waals surface area contributed by atoms with Gasteiger partial charge < -0.3 is 10.2 Å². The number of aliphatic imine (C=N–C) groups is 1. The molecule has 3 rings (SSSR count). The summed E-state index contributed by atoms with van der Waals surface area (Å²) in [5.74, 6) is 0. The third-order valence-corrected chi connectivity index (χ3v) is 4.46. The molecule has 0 atom stereocenters. The van der Waals surface area contributed by atoms with E-state index in [1.54, 1.807) is 0 Å². The smallest absolute Gasteiger partial charge is 0.168 e. The lowest BCUT2D eigenvalue weighted by Crippen LogP contribution is -2.30. The fraction of sp³-hybridized carbons (Fsp3) is 0.500. The quantitative estimate of drug-likeness (QED) is 0.902. The molecule has 0 aliphatic carbocycles. The van der Waals surface area contributed by atoms with Crippen molar-refractivity contribution in [3.05, 3.63) is 17.7 Å². The van der Waals surface area contributed by atoms with Crippen LogP contribution in [0.2, 0.25) is 0 Å². The van der Waals surface area contributed by atoms with Crippen molar-refractivity contribution < 1.29 is 0 Å². The number of aryl methyl sites for hydroxylation is 1. The predicted molar refractivity (Wildman–Crippen MR) is 80.1 cm³/mol. The summed E-state index contributed by atoms with van der Waals surface area (Å²) in [4.78, 5) is 8.33. The number of rotatable bonds is 3. The molecule has 2 heterocycles. The van der Waals surface area contributed by atoms with Gasteiger partial charge in [0.1, 0.15) is 0 Å². The lowest BCUT2D eigenvalue weighted by atomic mass is 10.1. The van der Waals surface area contributed by atoms with Gasteiger partial charge in [-0.05, 0) is 49.2 Å². The molecule has 0 bridgehead atoms. The second-order valence-electron chi connectivity index (χ2n) is 4.83. The molecule has 96 valence electrons. The molecule has 0 fully saturated rings. The zero-order chi connectivity index (χ0) is 12.5. The molecule has 2 aliphatic rings. The van der Waals surface area contributed by atoms with Crippen LogP contribution in [0.1, 0.15) is 25.3 Å². The van der Waals surface area contributed by atoms with Gasteiger partial charge in [-0.15, -0.1) is 0 Å². The molecule has 0 unspecified atom stereocenters. The monoisotopic (exact) mass is 261 g/mol. The fourth-order valence-electron chi connectivity index (χ4n) is 2.41. The van der Waals surface area contributed by atoms with Gasteiger partial charge in [-0.2, -0.15) is 0 Å². The molecule has 3 nitrogen and oxygen atoms in total. The first kappa shape index (κ1) is 11.9. The van der Waals surface area contributed by atoms with Crippen molar-refractivity contribution in [3.63, 3.8) is 0 Å². The third kappa shape index (κ3) is 1.99. The van der Waals surface area contributed by atoms with Crippen LogP contribution in [-0.2, 0) is 0 Å². The highest BCUT2D eigenvalue weighted by Gasteiger charge is 2.28. The van der Waals surface area contributed by atoms with E-state index in [9.17, 15) is 0 Å². The van der Waals surface area contributed by atoms with Crippen LogP contribution in [0.4, 0.5) is 11.4 Å². The van der Waals surface area contributed by atoms with Gasteiger partial charge in [-0.3, -0.25) is 4.99 Å². The van der Waals surface area contributed by atoms with E-state index in [1.165, 1.54) is 27.0 Å². The van der Waals surface area contributed by atoms with E-state index < -0.39 is 0 Å². The number of anilines is 2. The number of nitrogens with zero attached hydrogens (tertiary/aromatic N) is 2. The van der Waals surface area contributed by atoms with Gasteiger partial charge in [0.25, 0.3) is 0 Å². The van der Waals surface area contributed by atoms with Crippen LogP contribution in [-0.4, -0.2) is 24.8 Å². The number of hydrogen-bond donors (Lipinski definition) is 1. The molecule has 0 saturated heterocycles. The van der Waals surface area contributed by atoms with E-state index >= 15 is 0 Å². The molecule has 0 saturated carbocycles. The van der Waals surface area contributed by atoms with Crippen LogP contribution >= 0.6 is 11.8 Å². The highest BCUT2D eigenvalue weighted by molar-refractivity contribution is 8.14. The molecule has 1 aromatic carbocycles. The Morgan fingerprint density at radius 1 is 1.44 bits per heavy atom. The van der Waals surface area contributed by atoms with Crippen molar-refractivity contribution in [2.75, 3.05) is 29.9 Å². The van der Waals surface area contributed by atoms with E-state index in [2.05, 4.69) is 41.2 Å². The largest absolute Gasteiger partial charge is 0.385 e. The van der Waals surface area contributed by atoms with Crippen LogP contribution in [0.5, 0.6) is 0 Å². The van der Waals surface area contributed by atoms with Gasteiger partial charge >= 0.3 is 0 Å². The van der Waals surface area contributed by atoms with Crippen LogP contribution in [0, 0.1) is 6.92 Å². The second kappa shape index (κ2) is 4.84. The molecule has 1 aromatic rings. The van der Waals surface area contributed by atoms with Crippen molar-refractivity contribution >= 4 is 28.3 Å². The molecule has 0 aromatic heterocycles. The van der Waals surface area contributed by atoms with Crippen molar-refractivity contribution in [2.24, 2.45) is 4.99 Å². The van der Waals surface area contributed by atoms with Gasteiger partial charge in [0, 0.05) is 30.2 Å². The lowest BCUT2D eigenvalue weighted by Gasteiger charge is -2.23. The number of thioether (sulfide) groups is 1. The summed E-state index contributed by atoms with van der Waals surface area (Å²) in [7, 11) is 0. The maximum Gasteiger partial charge on any atom is 0.168 e. The average Bonchev–Trinajstić information content (AvgIpc) is 2.73. The van der Waals surface area contributed by atoms with Crippen LogP contribution in [0.15, 0.2) is 22.0 Å². The first-order valence-corrected chi connectivity index (χ1v) is 7.49. The molecule has 18 heavy (non-hydrogen) atoms. The second-order valence-corrected chi connectivity index (χ2v) is 5.84. The summed E-state index contributed by atoms with van der Waals surface area (Å²) in [6.07, 6.45) is 2.32. The highest BCUT2D eigenvalue weighted by atomic mass is 32.2. The van der Waals surface area contributed by atoms with E-state index in [0.29, 0.717) is 0 Å². The Labute approximate surface area is 113 Å². The van der Waals surface area contributed by atoms with Crippen molar-refractivity contribution in [1.82, 2.24) is 0 Å². The minimum Gasteiger partial charge on any atom is -0.385 e. The first-order valence-electron chi connectivity index (χ1n) is 6.68. The normalized spacial score (nSPS) is 17.2. The van der Waals surface area contributed by atoms with E-state index in [4.69, 9.17) is 0 Å². The summed E-state index contributed by atoms with van der Waals surface area (Å²) in [6.45, 7) is 7.49. The van der Waals surface area contributed by atoms with Crippen LogP contribution < -0.4 is 10.2 Å². The average molecular weight is 261 g/mol. The number of fused-ring (bicyclic) bond motifs is 3. The zero-order valence-corrected chi connectivity index (χ0v) is 11.8. The summed E-state index contributed by atoms with van der Waals surface area (Å²) in [5.41, 5.74) is 3.93. The third-order valence-electron chi connectivity index (χ3n) is 3.38. The Morgan fingerprint density at radius 2 is 2.33 bits per heavy atom. The van der Waals surface area contributed by atoms with Gasteiger partial charge in [-0.1, -0.05) is 6.92 Å². The Kier molecular flexibility index (Phi) is 3.20. The molecule has 2 aliphatic heterocycles. The van der Waals surface area contributed by atoms with Gasteiger partial charge in [0.2, 0.25) is 0 Å². The van der Waals surface area contributed by atoms with Crippen LogP contribution in [0.25, 0.3) is 0 Å². The molecule has 0 radical (unpaired) electrons. The van der Waals surface area contributed by atoms with Crippen molar-refractivity contribution in [2.45, 2.75) is 31.6 Å². The fourth-order valence-corrected chi connectivity index (χ4v) is 3.57. The molecule has 1 N–H and O–H groups in total. The number of amidine groups is 1. The minimum absolute atomic E-state index is 0.979. The Morgan fingerprint density at radius 3 is 3.17 bits per heavy atom. The Bertz CT molecular complexity index is 496. The Hall–Kier alpha value is -1.16. The van der Waals surface area contributed by atoms with E-state index in [1.807, 2.05) is 11.8 Å². The molecule has 0 amide bonds. The summed E-state index contributed by atoms with van der Waals surface area (Å²) in [5, 5.41) is 4.70. The SMILES string of the molecule is CCCNc1cc2c(cc1C)SC1=NCCCN12. The molecular formula is C14H19N3S. The van der Waals surface area contributed by atoms with E-state index in [-0.39, 0.29) is 0 Å². The number of nitrogens with one attached hydrogen (secondary N) is 1. The maximum atomic E-state index is 4.61. The zero-order valence-electron chi connectivity index (χ0n) is 11.0. The highest BCUT2D eigenvalue weighted by Crippen LogP contribution is 2.44. The summed E-state index contributed by atoms with van der Waals surface area (Å²) >= 11 is 1.81. The molecule has 4 heteroatoms. The first-order chi connectivity index (χ1) is 8.79. The Balaban J connectivity index is 1.95. The predicted octanol–water partition coefficient (Wildman–Crippen LogP) is 3.49. The molecular weight excluding hydrogens is 242 g/mol. The maximum absolute atomic E-state index is 4.61. The van der Waals surface area contributed by atoms with Crippen molar-refractivity contribution in [3.8, 4) is 0 Å². The molecule has 0 spiro atoms. The topological polar surface area (TPSA) is 27.6 Å². The number of benzene rings is 1. The van der Waals surface area contributed by atoms with Gasteiger partial charge in [-0.25, -0.2) is 0 Å². The van der Waals surface area contributed by atoms with E-state index in [0.717, 1.165) is 32.5 Å². The number of hydrogen-bond acceptors (Lipinski definition) is 4. The van der Waals surface area contributed by atoms with Gasteiger partial charge in [0.15, 0.2) is 5.17 Å². The van der Waals surface area contributed by atoms with Crippen LogP contribution in [0.3, 0.4) is 0 Å². The lowest BCUT2D eigenvalue weighted by molar-refractivity contribution is 0.798. The minimum atomic E-state index is 0.979.